The van der Waals surface area contributed by atoms with E-state index >= 15 is 0 Å². The molecule has 0 spiro atoms. The van der Waals surface area contributed by atoms with Crippen LogP contribution in [0.4, 0.5) is 11.5 Å². The van der Waals surface area contributed by atoms with Gasteiger partial charge in [0.1, 0.15) is 10.6 Å². The second-order valence-electron chi connectivity index (χ2n) is 7.45. The maximum Gasteiger partial charge on any atom is 0.163 e. The highest BCUT2D eigenvalue weighted by Crippen LogP contribution is 2.34. The van der Waals surface area contributed by atoms with E-state index < -0.39 is 0 Å². The van der Waals surface area contributed by atoms with E-state index in [1.807, 2.05) is 36.4 Å². The van der Waals surface area contributed by atoms with Gasteiger partial charge in [0.05, 0.1) is 16.1 Å². The van der Waals surface area contributed by atoms with Gasteiger partial charge in [0.2, 0.25) is 0 Å². The lowest BCUT2D eigenvalue weighted by atomic mass is 10.2. The molecule has 0 saturated carbocycles. The molecule has 1 saturated heterocycles. The molecule has 0 radical (unpaired) electrons. The third-order valence-electron chi connectivity index (χ3n) is 5.58. The average molecular weight is 435 g/mol. The molecule has 0 N–H and O–H groups in total. The molecule has 4 aromatic rings. The fourth-order valence-electron chi connectivity index (χ4n) is 3.96. The number of thiophene rings is 1. The Morgan fingerprint density at radius 2 is 1.60 bits per heavy atom. The Hall–Kier alpha value is -2.63. The first-order valence-corrected chi connectivity index (χ1v) is 11.5. The fraction of sp³-hybridized carbons (Fsp3) is 0.250. The Labute approximate surface area is 185 Å². The van der Waals surface area contributed by atoms with Gasteiger partial charge >= 0.3 is 0 Å². The third kappa shape index (κ3) is 3.64. The standard InChI is InChI=1S/C24H23ClN4S/c1-2-18-16-19-23(26-22(27-24(19)30-18)17-8-4-3-5-9-17)29-14-12-28(13-15-29)21-11-7-6-10-20(21)25/h3-11,16H,2,12-15H2,1H3. The molecule has 5 rings (SSSR count). The number of piperazine rings is 1. The largest absolute Gasteiger partial charge is 0.367 e. The molecular weight excluding hydrogens is 412 g/mol. The zero-order valence-corrected chi connectivity index (χ0v) is 18.5. The van der Waals surface area contributed by atoms with Crippen molar-refractivity contribution in [3.05, 3.63) is 70.6 Å². The van der Waals surface area contributed by atoms with Gasteiger partial charge in [-0.1, -0.05) is 61.0 Å². The van der Waals surface area contributed by atoms with Crippen molar-refractivity contribution in [3.63, 3.8) is 0 Å². The van der Waals surface area contributed by atoms with Crippen molar-refractivity contribution in [2.45, 2.75) is 13.3 Å². The summed E-state index contributed by atoms with van der Waals surface area (Å²) in [7, 11) is 0. The van der Waals surface area contributed by atoms with Gasteiger partial charge in [-0.2, -0.15) is 0 Å². The van der Waals surface area contributed by atoms with Gasteiger partial charge in [-0.15, -0.1) is 11.3 Å². The van der Waals surface area contributed by atoms with Crippen LogP contribution >= 0.6 is 22.9 Å². The van der Waals surface area contributed by atoms with Crippen LogP contribution in [0.5, 0.6) is 0 Å². The number of aromatic nitrogens is 2. The Morgan fingerprint density at radius 1 is 0.900 bits per heavy atom. The summed E-state index contributed by atoms with van der Waals surface area (Å²) in [6, 6.07) is 20.6. The molecule has 6 heteroatoms. The lowest BCUT2D eigenvalue weighted by Gasteiger charge is -2.37. The predicted molar refractivity (Wildman–Crippen MR) is 128 cm³/mol. The van der Waals surface area contributed by atoms with Crippen LogP contribution in [0.2, 0.25) is 5.02 Å². The zero-order valence-electron chi connectivity index (χ0n) is 16.9. The smallest absolute Gasteiger partial charge is 0.163 e. The van der Waals surface area contributed by atoms with Gasteiger partial charge in [0.25, 0.3) is 0 Å². The van der Waals surface area contributed by atoms with Crippen molar-refractivity contribution in [3.8, 4) is 11.4 Å². The number of para-hydroxylation sites is 1. The molecule has 0 unspecified atom stereocenters. The Bertz CT molecular complexity index is 1170. The lowest BCUT2D eigenvalue weighted by molar-refractivity contribution is 0.649. The molecule has 2 aromatic carbocycles. The van der Waals surface area contributed by atoms with E-state index in [0.29, 0.717) is 0 Å². The lowest BCUT2D eigenvalue weighted by Crippen LogP contribution is -2.47. The van der Waals surface area contributed by atoms with Gasteiger partial charge < -0.3 is 9.80 Å². The maximum atomic E-state index is 6.42. The van der Waals surface area contributed by atoms with Crippen LogP contribution in [-0.2, 0) is 6.42 Å². The molecule has 0 amide bonds. The van der Waals surface area contributed by atoms with Gasteiger partial charge in [0, 0.05) is 36.6 Å². The highest BCUT2D eigenvalue weighted by atomic mass is 35.5. The van der Waals surface area contributed by atoms with E-state index in [1.54, 1.807) is 11.3 Å². The summed E-state index contributed by atoms with van der Waals surface area (Å²) in [4.78, 5) is 17.1. The molecule has 2 aromatic heterocycles. The second-order valence-corrected chi connectivity index (χ2v) is 8.97. The molecule has 0 bridgehead atoms. The summed E-state index contributed by atoms with van der Waals surface area (Å²) in [6.07, 6.45) is 1.02. The minimum absolute atomic E-state index is 0.802. The van der Waals surface area contributed by atoms with Crippen molar-refractivity contribution >= 4 is 44.7 Å². The molecule has 0 aliphatic carbocycles. The molecule has 3 heterocycles. The van der Waals surface area contributed by atoms with Crippen LogP contribution in [0.25, 0.3) is 21.6 Å². The van der Waals surface area contributed by atoms with Crippen LogP contribution in [0.15, 0.2) is 60.7 Å². The van der Waals surface area contributed by atoms with Gasteiger partial charge in [-0.3, -0.25) is 0 Å². The zero-order chi connectivity index (χ0) is 20.5. The maximum absolute atomic E-state index is 6.42. The van der Waals surface area contributed by atoms with Crippen LogP contribution in [0, 0.1) is 0 Å². The Kier molecular flexibility index (Phi) is 5.32. The minimum atomic E-state index is 0.802. The number of aryl methyl sites for hydroxylation is 1. The van der Waals surface area contributed by atoms with Crippen molar-refractivity contribution in [2.75, 3.05) is 36.0 Å². The highest BCUT2D eigenvalue weighted by molar-refractivity contribution is 7.18. The van der Waals surface area contributed by atoms with E-state index in [0.717, 1.165) is 65.3 Å². The second kappa shape index (κ2) is 8.25. The number of benzene rings is 2. The van der Waals surface area contributed by atoms with Gasteiger partial charge in [-0.05, 0) is 24.6 Å². The minimum Gasteiger partial charge on any atom is -0.367 e. The number of hydrogen-bond donors (Lipinski definition) is 0. The van der Waals surface area contributed by atoms with Crippen LogP contribution < -0.4 is 9.80 Å². The van der Waals surface area contributed by atoms with E-state index in [4.69, 9.17) is 21.6 Å². The summed E-state index contributed by atoms with van der Waals surface area (Å²) < 4.78 is 0. The molecule has 4 nitrogen and oxygen atoms in total. The van der Waals surface area contributed by atoms with Crippen LogP contribution in [0.1, 0.15) is 11.8 Å². The van der Waals surface area contributed by atoms with Crippen LogP contribution in [0.3, 0.4) is 0 Å². The number of rotatable bonds is 4. The molecule has 1 fully saturated rings. The normalized spacial score (nSPS) is 14.5. The first kappa shape index (κ1) is 19.3. The van der Waals surface area contributed by atoms with Gasteiger partial charge in [0.15, 0.2) is 5.82 Å². The quantitative estimate of drug-likeness (QED) is 0.400. The molecule has 1 aliphatic heterocycles. The number of hydrogen-bond acceptors (Lipinski definition) is 5. The molecule has 152 valence electrons. The van der Waals surface area contributed by atoms with Crippen molar-refractivity contribution < 1.29 is 0 Å². The summed E-state index contributed by atoms with van der Waals surface area (Å²) in [5.41, 5.74) is 2.17. The number of anilines is 2. The molecule has 30 heavy (non-hydrogen) atoms. The first-order chi connectivity index (χ1) is 14.7. The SMILES string of the molecule is CCc1cc2c(N3CCN(c4ccccc4Cl)CC3)nc(-c3ccccc3)nc2s1. The van der Waals surface area contributed by atoms with Crippen molar-refractivity contribution in [1.82, 2.24) is 9.97 Å². The summed E-state index contributed by atoms with van der Waals surface area (Å²) in [5, 5.41) is 1.98. The Morgan fingerprint density at radius 3 is 2.33 bits per heavy atom. The first-order valence-electron chi connectivity index (χ1n) is 10.3. The topological polar surface area (TPSA) is 32.3 Å². The average Bonchev–Trinajstić information content (AvgIpc) is 3.23. The summed E-state index contributed by atoms with van der Waals surface area (Å²) in [5.74, 6) is 1.85. The van der Waals surface area contributed by atoms with E-state index in [2.05, 4.69) is 41.0 Å². The van der Waals surface area contributed by atoms with Crippen molar-refractivity contribution in [1.29, 1.82) is 0 Å². The van der Waals surface area contributed by atoms with Crippen molar-refractivity contribution in [2.24, 2.45) is 0 Å². The number of halogens is 1. The van der Waals surface area contributed by atoms with E-state index in [-0.39, 0.29) is 0 Å². The highest BCUT2D eigenvalue weighted by Gasteiger charge is 2.23. The van der Waals surface area contributed by atoms with E-state index in [9.17, 15) is 0 Å². The molecule has 0 atom stereocenters. The third-order valence-corrected chi connectivity index (χ3v) is 7.07. The number of nitrogens with zero attached hydrogens (tertiary/aromatic N) is 4. The number of fused-ring (bicyclic) bond motifs is 1. The van der Waals surface area contributed by atoms with Crippen LogP contribution in [-0.4, -0.2) is 36.1 Å². The van der Waals surface area contributed by atoms with E-state index in [1.165, 1.54) is 10.3 Å². The summed E-state index contributed by atoms with van der Waals surface area (Å²) in [6.45, 7) is 5.84. The fourth-order valence-corrected chi connectivity index (χ4v) is 5.17. The monoisotopic (exact) mass is 434 g/mol. The molecule has 1 aliphatic rings. The predicted octanol–water partition coefficient (Wildman–Crippen LogP) is 5.90. The Balaban J connectivity index is 1.49. The summed E-state index contributed by atoms with van der Waals surface area (Å²) >= 11 is 8.20. The van der Waals surface area contributed by atoms with Gasteiger partial charge in [-0.25, -0.2) is 9.97 Å². The molecular formula is C24H23ClN4S.